The molecule has 106 valence electrons. The molecule has 0 aliphatic carbocycles. The number of hydrogen-bond acceptors (Lipinski definition) is 2. The lowest BCUT2D eigenvalue weighted by molar-refractivity contribution is -0.130. The van der Waals surface area contributed by atoms with E-state index in [9.17, 15) is 4.79 Å². The van der Waals surface area contributed by atoms with E-state index >= 15 is 0 Å². The maximum absolute atomic E-state index is 12.0. The van der Waals surface area contributed by atoms with E-state index < -0.39 is 0 Å². The van der Waals surface area contributed by atoms with Crippen LogP contribution in [0.5, 0.6) is 0 Å². The van der Waals surface area contributed by atoms with Gasteiger partial charge in [-0.25, -0.2) is 0 Å². The Morgan fingerprint density at radius 3 is 2.67 bits per heavy atom. The molecule has 18 heavy (non-hydrogen) atoms. The predicted molar refractivity (Wildman–Crippen MR) is 76.3 cm³/mol. The zero-order chi connectivity index (χ0) is 13.4. The van der Waals surface area contributed by atoms with Crippen LogP contribution < -0.4 is 5.73 Å². The summed E-state index contributed by atoms with van der Waals surface area (Å²) in [5.74, 6) is 1.86. The highest BCUT2D eigenvalue weighted by Crippen LogP contribution is 2.24. The van der Waals surface area contributed by atoms with E-state index in [0.29, 0.717) is 5.91 Å². The summed E-state index contributed by atoms with van der Waals surface area (Å²) in [5.41, 5.74) is 5.45. The summed E-state index contributed by atoms with van der Waals surface area (Å²) in [4.78, 5) is 14.1. The lowest BCUT2D eigenvalue weighted by Gasteiger charge is -2.17. The zero-order valence-corrected chi connectivity index (χ0v) is 12.2. The number of hydrogen-bond donors (Lipinski definition) is 1. The normalized spacial score (nSPS) is 19.8. The maximum atomic E-state index is 12.0. The Bertz CT molecular complexity index is 241. The van der Waals surface area contributed by atoms with Gasteiger partial charge in [0, 0.05) is 19.5 Å². The summed E-state index contributed by atoms with van der Waals surface area (Å²) in [7, 11) is 0. The van der Waals surface area contributed by atoms with Crippen molar-refractivity contribution < 1.29 is 4.79 Å². The zero-order valence-electron chi connectivity index (χ0n) is 12.2. The topological polar surface area (TPSA) is 46.3 Å². The highest BCUT2D eigenvalue weighted by molar-refractivity contribution is 5.76. The number of rotatable bonds is 8. The molecule has 1 fully saturated rings. The minimum Gasteiger partial charge on any atom is -0.342 e. The molecule has 0 radical (unpaired) electrons. The fourth-order valence-corrected chi connectivity index (χ4v) is 2.85. The standard InChI is InChI=1S/C15H30N2O/c1-13(2)11-14-8-10-17(12-14)15(18)7-5-3-4-6-9-16/h13-14H,3-12,16H2,1-2H3. The molecule has 2 N–H and O–H groups in total. The van der Waals surface area contributed by atoms with Gasteiger partial charge < -0.3 is 10.6 Å². The number of carbonyl (C=O) groups excluding carboxylic acids is 1. The molecule has 0 aromatic carbocycles. The summed E-state index contributed by atoms with van der Waals surface area (Å²) in [6.45, 7) is 7.29. The van der Waals surface area contributed by atoms with Gasteiger partial charge in [0.05, 0.1) is 0 Å². The van der Waals surface area contributed by atoms with Gasteiger partial charge in [0.25, 0.3) is 0 Å². The van der Waals surface area contributed by atoms with Crippen LogP contribution in [-0.2, 0) is 4.79 Å². The molecule has 0 bridgehead atoms. The average molecular weight is 254 g/mol. The molecule has 1 aliphatic heterocycles. The summed E-state index contributed by atoms with van der Waals surface area (Å²) in [5, 5.41) is 0. The van der Waals surface area contributed by atoms with Gasteiger partial charge in [-0.1, -0.05) is 26.7 Å². The molecule has 0 spiro atoms. The Kier molecular flexibility index (Phi) is 7.33. The van der Waals surface area contributed by atoms with E-state index in [1.807, 2.05) is 0 Å². The Morgan fingerprint density at radius 1 is 1.28 bits per heavy atom. The van der Waals surface area contributed by atoms with E-state index in [-0.39, 0.29) is 0 Å². The molecule has 1 rings (SSSR count). The van der Waals surface area contributed by atoms with Crippen molar-refractivity contribution in [1.29, 1.82) is 0 Å². The van der Waals surface area contributed by atoms with Crippen LogP contribution in [0.15, 0.2) is 0 Å². The van der Waals surface area contributed by atoms with Crippen LogP contribution in [-0.4, -0.2) is 30.4 Å². The first-order valence-corrected chi connectivity index (χ1v) is 7.61. The second-order valence-electron chi connectivity index (χ2n) is 6.08. The highest BCUT2D eigenvalue weighted by atomic mass is 16.2. The third-order valence-corrected chi connectivity index (χ3v) is 3.79. The lowest BCUT2D eigenvalue weighted by atomic mass is 9.97. The Hall–Kier alpha value is -0.570. The first-order chi connectivity index (χ1) is 8.63. The minimum absolute atomic E-state index is 0.369. The molecule has 1 unspecified atom stereocenters. The van der Waals surface area contributed by atoms with E-state index in [0.717, 1.165) is 57.2 Å². The van der Waals surface area contributed by atoms with Crippen LogP contribution in [0.1, 0.15) is 58.8 Å². The predicted octanol–water partition coefficient (Wildman–Crippen LogP) is 2.79. The molecule has 1 atom stereocenters. The number of amides is 1. The Morgan fingerprint density at radius 2 is 2.00 bits per heavy atom. The minimum atomic E-state index is 0.369. The number of unbranched alkanes of at least 4 members (excludes halogenated alkanes) is 3. The third-order valence-electron chi connectivity index (χ3n) is 3.79. The molecule has 0 aromatic rings. The van der Waals surface area contributed by atoms with Crippen LogP contribution >= 0.6 is 0 Å². The van der Waals surface area contributed by atoms with E-state index in [1.54, 1.807) is 0 Å². The molecule has 0 aromatic heterocycles. The van der Waals surface area contributed by atoms with Crippen molar-refractivity contribution >= 4 is 5.91 Å². The monoisotopic (exact) mass is 254 g/mol. The van der Waals surface area contributed by atoms with Crippen molar-refractivity contribution in [3.05, 3.63) is 0 Å². The van der Waals surface area contributed by atoms with Gasteiger partial charge in [-0.15, -0.1) is 0 Å². The van der Waals surface area contributed by atoms with Crippen molar-refractivity contribution in [2.45, 2.75) is 58.8 Å². The molecule has 0 saturated carbocycles. The van der Waals surface area contributed by atoms with Crippen LogP contribution in [0.25, 0.3) is 0 Å². The van der Waals surface area contributed by atoms with E-state index in [4.69, 9.17) is 5.73 Å². The second-order valence-corrected chi connectivity index (χ2v) is 6.08. The van der Waals surface area contributed by atoms with Gasteiger partial charge in [0.1, 0.15) is 0 Å². The fourth-order valence-electron chi connectivity index (χ4n) is 2.85. The first-order valence-electron chi connectivity index (χ1n) is 7.61. The van der Waals surface area contributed by atoms with Gasteiger partial charge in [-0.3, -0.25) is 4.79 Å². The summed E-state index contributed by atoms with van der Waals surface area (Å²) in [6, 6.07) is 0. The maximum Gasteiger partial charge on any atom is 0.222 e. The van der Waals surface area contributed by atoms with Crippen molar-refractivity contribution in [3.63, 3.8) is 0 Å². The molecule has 3 heteroatoms. The van der Waals surface area contributed by atoms with E-state index in [2.05, 4.69) is 18.7 Å². The SMILES string of the molecule is CC(C)CC1CCN(C(=O)CCCCCCN)C1. The number of likely N-dealkylation sites (tertiary alicyclic amines) is 1. The van der Waals surface area contributed by atoms with Crippen LogP contribution in [0.3, 0.4) is 0 Å². The van der Waals surface area contributed by atoms with Crippen molar-refractivity contribution in [2.24, 2.45) is 17.6 Å². The van der Waals surface area contributed by atoms with Crippen molar-refractivity contribution in [2.75, 3.05) is 19.6 Å². The summed E-state index contributed by atoms with van der Waals surface area (Å²) in [6.07, 6.45) is 7.64. The average Bonchev–Trinajstić information content (AvgIpc) is 2.76. The van der Waals surface area contributed by atoms with E-state index in [1.165, 1.54) is 19.3 Å². The van der Waals surface area contributed by atoms with Gasteiger partial charge in [-0.2, -0.15) is 0 Å². The van der Waals surface area contributed by atoms with Gasteiger partial charge >= 0.3 is 0 Å². The first kappa shape index (κ1) is 15.5. The quantitative estimate of drug-likeness (QED) is 0.677. The van der Waals surface area contributed by atoms with Crippen LogP contribution in [0, 0.1) is 11.8 Å². The highest BCUT2D eigenvalue weighted by Gasteiger charge is 2.25. The van der Waals surface area contributed by atoms with Crippen molar-refractivity contribution in [1.82, 2.24) is 4.90 Å². The lowest BCUT2D eigenvalue weighted by Crippen LogP contribution is -2.28. The van der Waals surface area contributed by atoms with Crippen LogP contribution in [0.4, 0.5) is 0 Å². The van der Waals surface area contributed by atoms with Crippen LogP contribution in [0.2, 0.25) is 0 Å². The molecule has 1 aliphatic rings. The summed E-state index contributed by atoms with van der Waals surface area (Å²) < 4.78 is 0. The molecular formula is C15H30N2O. The molecule has 1 heterocycles. The third kappa shape index (κ3) is 5.85. The Labute approximate surface area is 112 Å². The number of nitrogens with zero attached hydrogens (tertiary/aromatic N) is 1. The molecule has 1 saturated heterocycles. The van der Waals surface area contributed by atoms with Gasteiger partial charge in [0.15, 0.2) is 0 Å². The summed E-state index contributed by atoms with van der Waals surface area (Å²) >= 11 is 0. The molecular weight excluding hydrogens is 224 g/mol. The molecule has 1 amide bonds. The number of carbonyl (C=O) groups is 1. The van der Waals surface area contributed by atoms with Crippen molar-refractivity contribution in [3.8, 4) is 0 Å². The van der Waals surface area contributed by atoms with Gasteiger partial charge in [0.2, 0.25) is 5.91 Å². The number of nitrogens with two attached hydrogens (primary N) is 1. The fraction of sp³-hybridized carbons (Fsp3) is 0.933. The second kappa shape index (κ2) is 8.52. The smallest absolute Gasteiger partial charge is 0.222 e. The Balaban J connectivity index is 2.11. The largest absolute Gasteiger partial charge is 0.342 e. The van der Waals surface area contributed by atoms with Gasteiger partial charge in [-0.05, 0) is 44.1 Å². The molecule has 3 nitrogen and oxygen atoms in total.